The summed E-state index contributed by atoms with van der Waals surface area (Å²) in [5, 5.41) is 4.35. The van der Waals surface area contributed by atoms with E-state index >= 15 is 0 Å². The second-order valence-electron chi connectivity index (χ2n) is 4.35. The molecule has 3 rings (SSSR count). The van der Waals surface area contributed by atoms with Crippen LogP contribution in [0.4, 0.5) is 0 Å². The number of hydrogen-bond donors (Lipinski definition) is 0. The van der Waals surface area contributed by atoms with Crippen molar-refractivity contribution in [1.29, 1.82) is 0 Å². The van der Waals surface area contributed by atoms with Gasteiger partial charge in [-0.15, -0.1) is 0 Å². The second kappa shape index (κ2) is 5.92. The van der Waals surface area contributed by atoms with Crippen LogP contribution in [0.5, 0.6) is 5.75 Å². The number of hydrogen-bond acceptors (Lipinski definition) is 2. The van der Waals surface area contributed by atoms with Crippen LogP contribution in [-0.4, -0.2) is 9.78 Å². The average molecular weight is 329 g/mol. The molecule has 20 heavy (non-hydrogen) atoms. The van der Waals surface area contributed by atoms with Gasteiger partial charge in [0.1, 0.15) is 12.4 Å². The monoisotopic (exact) mass is 328 g/mol. The zero-order valence-corrected chi connectivity index (χ0v) is 12.3. The molecule has 0 bridgehead atoms. The molecule has 0 unspecified atom stereocenters. The predicted molar refractivity (Wildman–Crippen MR) is 82.0 cm³/mol. The van der Waals surface area contributed by atoms with Gasteiger partial charge in [-0.3, -0.25) is 0 Å². The molecule has 0 aliphatic rings. The first-order chi connectivity index (χ1) is 9.83. The molecule has 1 aromatic heterocycles. The highest BCUT2D eigenvalue weighted by molar-refractivity contribution is 9.10. The highest BCUT2D eigenvalue weighted by atomic mass is 79.9. The summed E-state index contributed by atoms with van der Waals surface area (Å²) in [7, 11) is 0. The standard InChI is InChI=1S/C16H13BrN2O/c17-15-8-4-5-9-16(15)20-12-13-10-18-19(11-13)14-6-2-1-3-7-14/h1-11H,12H2. The fourth-order valence-corrected chi connectivity index (χ4v) is 2.28. The summed E-state index contributed by atoms with van der Waals surface area (Å²) < 4.78 is 8.57. The predicted octanol–water partition coefficient (Wildman–Crippen LogP) is 4.21. The van der Waals surface area contributed by atoms with E-state index < -0.39 is 0 Å². The Kier molecular flexibility index (Phi) is 3.83. The average Bonchev–Trinajstić information content (AvgIpc) is 2.96. The Hall–Kier alpha value is -2.07. The van der Waals surface area contributed by atoms with Crippen molar-refractivity contribution in [3.8, 4) is 11.4 Å². The van der Waals surface area contributed by atoms with E-state index in [-0.39, 0.29) is 0 Å². The third-order valence-corrected chi connectivity index (χ3v) is 3.54. The van der Waals surface area contributed by atoms with Gasteiger partial charge in [-0.05, 0) is 40.2 Å². The van der Waals surface area contributed by atoms with E-state index in [0.717, 1.165) is 21.5 Å². The van der Waals surface area contributed by atoms with Crippen molar-refractivity contribution in [3.05, 3.63) is 77.0 Å². The minimum atomic E-state index is 0.495. The van der Waals surface area contributed by atoms with Crippen LogP contribution in [0.3, 0.4) is 0 Å². The lowest BCUT2D eigenvalue weighted by atomic mass is 10.3. The van der Waals surface area contributed by atoms with Gasteiger partial charge in [0.25, 0.3) is 0 Å². The van der Waals surface area contributed by atoms with E-state index in [9.17, 15) is 0 Å². The van der Waals surface area contributed by atoms with Gasteiger partial charge in [0.2, 0.25) is 0 Å². The molecule has 3 aromatic rings. The lowest BCUT2D eigenvalue weighted by Gasteiger charge is -2.06. The van der Waals surface area contributed by atoms with Crippen molar-refractivity contribution in [2.24, 2.45) is 0 Å². The first kappa shape index (κ1) is 12.9. The van der Waals surface area contributed by atoms with Crippen molar-refractivity contribution in [2.45, 2.75) is 6.61 Å². The van der Waals surface area contributed by atoms with Gasteiger partial charge in [-0.2, -0.15) is 5.10 Å². The van der Waals surface area contributed by atoms with Crippen LogP contribution >= 0.6 is 15.9 Å². The fourth-order valence-electron chi connectivity index (χ4n) is 1.88. The van der Waals surface area contributed by atoms with E-state index in [0.29, 0.717) is 6.61 Å². The highest BCUT2D eigenvalue weighted by Gasteiger charge is 2.03. The Bertz CT molecular complexity index is 694. The Morgan fingerprint density at radius 3 is 2.55 bits per heavy atom. The van der Waals surface area contributed by atoms with Gasteiger partial charge in [0.15, 0.2) is 0 Å². The zero-order chi connectivity index (χ0) is 13.8. The first-order valence-corrected chi connectivity index (χ1v) is 7.08. The van der Waals surface area contributed by atoms with Gasteiger partial charge in [0.05, 0.1) is 16.4 Å². The minimum Gasteiger partial charge on any atom is -0.488 e. The van der Waals surface area contributed by atoms with Crippen molar-refractivity contribution >= 4 is 15.9 Å². The Morgan fingerprint density at radius 2 is 1.75 bits per heavy atom. The molecular weight excluding hydrogens is 316 g/mol. The number of rotatable bonds is 4. The van der Waals surface area contributed by atoms with Gasteiger partial charge in [-0.25, -0.2) is 4.68 Å². The molecule has 0 aliphatic carbocycles. The number of halogens is 1. The van der Waals surface area contributed by atoms with Crippen molar-refractivity contribution in [2.75, 3.05) is 0 Å². The smallest absolute Gasteiger partial charge is 0.133 e. The summed E-state index contributed by atoms with van der Waals surface area (Å²) in [5.41, 5.74) is 2.07. The highest BCUT2D eigenvalue weighted by Crippen LogP contribution is 2.24. The number of aromatic nitrogens is 2. The molecule has 0 aliphatic heterocycles. The van der Waals surface area contributed by atoms with Crippen molar-refractivity contribution in [3.63, 3.8) is 0 Å². The largest absolute Gasteiger partial charge is 0.488 e. The summed E-state index contributed by atoms with van der Waals surface area (Å²) in [6.45, 7) is 0.495. The maximum absolute atomic E-state index is 5.77. The lowest BCUT2D eigenvalue weighted by Crippen LogP contribution is -1.95. The molecule has 0 spiro atoms. The minimum absolute atomic E-state index is 0.495. The molecule has 0 radical (unpaired) electrons. The summed E-state index contributed by atoms with van der Waals surface area (Å²) in [6.07, 6.45) is 3.80. The molecule has 0 fully saturated rings. The summed E-state index contributed by atoms with van der Waals surface area (Å²) in [6, 6.07) is 17.8. The molecule has 0 amide bonds. The summed E-state index contributed by atoms with van der Waals surface area (Å²) in [5.74, 6) is 0.833. The first-order valence-electron chi connectivity index (χ1n) is 6.29. The van der Waals surface area contributed by atoms with E-state index in [1.807, 2.05) is 71.7 Å². The molecule has 0 saturated heterocycles. The van der Waals surface area contributed by atoms with Crippen LogP contribution in [0.25, 0.3) is 5.69 Å². The molecular formula is C16H13BrN2O. The number of ether oxygens (including phenoxy) is 1. The van der Waals surface area contributed by atoms with Gasteiger partial charge in [0, 0.05) is 11.8 Å². The topological polar surface area (TPSA) is 27.1 Å². The van der Waals surface area contributed by atoms with E-state index in [1.165, 1.54) is 0 Å². The lowest BCUT2D eigenvalue weighted by molar-refractivity contribution is 0.304. The maximum atomic E-state index is 5.77. The third kappa shape index (κ3) is 2.91. The SMILES string of the molecule is Brc1ccccc1OCc1cnn(-c2ccccc2)c1. The normalized spacial score (nSPS) is 10.4. The van der Waals surface area contributed by atoms with E-state index in [1.54, 1.807) is 0 Å². The Balaban J connectivity index is 1.71. The summed E-state index contributed by atoms with van der Waals surface area (Å²) in [4.78, 5) is 0. The Morgan fingerprint density at radius 1 is 1.00 bits per heavy atom. The van der Waals surface area contributed by atoms with E-state index in [2.05, 4.69) is 21.0 Å². The van der Waals surface area contributed by atoms with Crippen LogP contribution in [0, 0.1) is 0 Å². The van der Waals surface area contributed by atoms with Crippen LogP contribution in [-0.2, 0) is 6.61 Å². The molecule has 3 nitrogen and oxygen atoms in total. The van der Waals surface area contributed by atoms with Crippen molar-refractivity contribution in [1.82, 2.24) is 9.78 Å². The quantitative estimate of drug-likeness (QED) is 0.717. The molecule has 2 aromatic carbocycles. The fraction of sp³-hybridized carbons (Fsp3) is 0.0625. The molecule has 0 atom stereocenters. The van der Waals surface area contributed by atoms with Gasteiger partial charge >= 0.3 is 0 Å². The van der Waals surface area contributed by atoms with Gasteiger partial charge < -0.3 is 4.74 Å². The Labute approximate surface area is 125 Å². The number of nitrogens with zero attached hydrogens (tertiary/aromatic N) is 2. The van der Waals surface area contributed by atoms with Crippen LogP contribution in [0.2, 0.25) is 0 Å². The van der Waals surface area contributed by atoms with Crippen LogP contribution in [0.1, 0.15) is 5.56 Å². The third-order valence-electron chi connectivity index (χ3n) is 2.89. The van der Waals surface area contributed by atoms with Crippen LogP contribution in [0.15, 0.2) is 71.5 Å². The zero-order valence-electron chi connectivity index (χ0n) is 10.7. The van der Waals surface area contributed by atoms with Crippen LogP contribution < -0.4 is 4.74 Å². The molecule has 4 heteroatoms. The molecule has 100 valence electrons. The number of benzene rings is 2. The van der Waals surface area contributed by atoms with Crippen molar-refractivity contribution < 1.29 is 4.74 Å². The summed E-state index contributed by atoms with van der Waals surface area (Å²) >= 11 is 3.47. The maximum Gasteiger partial charge on any atom is 0.133 e. The number of para-hydroxylation sites is 2. The van der Waals surface area contributed by atoms with Gasteiger partial charge in [-0.1, -0.05) is 30.3 Å². The molecule has 0 saturated carbocycles. The molecule has 1 heterocycles. The second-order valence-corrected chi connectivity index (χ2v) is 5.20. The van der Waals surface area contributed by atoms with E-state index in [4.69, 9.17) is 4.74 Å². The molecule has 0 N–H and O–H groups in total.